The highest BCUT2D eigenvalue weighted by Crippen LogP contribution is 2.21. The van der Waals surface area contributed by atoms with Crippen molar-refractivity contribution in [2.75, 3.05) is 0 Å². The molecule has 1 rings (SSSR count). The first-order valence-electron chi connectivity index (χ1n) is 5.04. The summed E-state index contributed by atoms with van der Waals surface area (Å²) in [5, 5.41) is 1.45. The Bertz CT molecular complexity index is 216. The van der Waals surface area contributed by atoms with Crippen LogP contribution in [0.3, 0.4) is 0 Å². The summed E-state index contributed by atoms with van der Waals surface area (Å²) in [6.07, 6.45) is 1.25. The molecule has 0 fully saturated rings. The third kappa shape index (κ3) is 12.4. The molecule has 0 saturated heterocycles. The van der Waals surface area contributed by atoms with Crippen LogP contribution >= 0.6 is 48.0 Å². The van der Waals surface area contributed by atoms with E-state index in [0.29, 0.717) is 0 Å². The molecule has 0 saturated carbocycles. The van der Waals surface area contributed by atoms with Gasteiger partial charge in [0, 0.05) is 10.0 Å². The average Bonchev–Trinajstić information content (AvgIpc) is 2.19. The zero-order valence-electron chi connectivity index (χ0n) is 10.5. The Morgan fingerprint density at radius 2 is 1.19 bits per heavy atom. The summed E-state index contributed by atoms with van der Waals surface area (Å²) >= 11 is 11.5. The number of rotatable bonds is 0. The molecule has 0 atom stereocenters. The minimum atomic E-state index is 0. The van der Waals surface area contributed by atoms with Gasteiger partial charge in [0.2, 0.25) is 0 Å². The lowest BCUT2D eigenvalue weighted by Gasteiger charge is -1.96. The molecule has 0 N–H and O–H groups in total. The van der Waals surface area contributed by atoms with E-state index < -0.39 is 0 Å². The minimum absolute atomic E-state index is 0. The van der Waals surface area contributed by atoms with Gasteiger partial charge >= 0.3 is 0 Å². The van der Waals surface area contributed by atoms with Crippen molar-refractivity contribution in [3.8, 4) is 0 Å². The molecule has 98 valence electrons. The van der Waals surface area contributed by atoms with E-state index in [2.05, 4.69) is 13.8 Å². The number of halogens is 4. The molecule has 0 aliphatic rings. The quantitative estimate of drug-likeness (QED) is 0.507. The lowest BCUT2D eigenvalue weighted by Crippen LogP contribution is -1.73. The molecule has 1 aromatic carbocycles. The Balaban J connectivity index is -0.0000000907. The van der Waals surface area contributed by atoms with Crippen molar-refractivity contribution >= 4 is 48.0 Å². The van der Waals surface area contributed by atoms with Gasteiger partial charge in [0.15, 0.2) is 0 Å². The van der Waals surface area contributed by atoms with Gasteiger partial charge in [-0.2, -0.15) is 0 Å². The fourth-order valence-electron chi connectivity index (χ4n) is 0.581. The average molecular weight is 308 g/mol. The van der Waals surface area contributed by atoms with Gasteiger partial charge in [-0.15, -0.1) is 24.8 Å². The summed E-state index contributed by atoms with van der Waals surface area (Å²) in [7, 11) is 0. The first-order valence-corrected chi connectivity index (χ1v) is 5.79. The fraction of sp³-hybridized carbons (Fsp3) is 0.500. The van der Waals surface area contributed by atoms with Crippen LogP contribution in [0.4, 0.5) is 0 Å². The summed E-state index contributed by atoms with van der Waals surface area (Å²) in [4.78, 5) is 0. The van der Waals surface area contributed by atoms with Crippen molar-refractivity contribution < 1.29 is 0 Å². The van der Waals surface area contributed by atoms with Gasteiger partial charge in [0.1, 0.15) is 0 Å². The molecule has 0 amide bonds. The van der Waals surface area contributed by atoms with Crippen molar-refractivity contribution in [3.05, 3.63) is 33.8 Å². The molecular weight excluding hydrogens is 286 g/mol. The molecule has 16 heavy (non-hydrogen) atoms. The number of hydrogen-bond donors (Lipinski definition) is 0. The maximum absolute atomic E-state index is 5.73. The van der Waals surface area contributed by atoms with E-state index in [9.17, 15) is 0 Å². The predicted molar refractivity (Wildman–Crippen MR) is 83.0 cm³/mol. The summed E-state index contributed by atoms with van der Waals surface area (Å²) in [6, 6.07) is 5.48. The molecule has 0 heterocycles. The van der Waals surface area contributed by atoms with Gasteiger partial charge in [0.05, 0.1) is 0 Å². The highest BCUT2D eigenvalue weighted by Gasteiger charge is 1.96. The predicted octanol–water partition coefficient (Wildman–Crippen LogP) is 6.59. The zero-order chi connectivity index (χ0) is 11.6. The maximum Gasteiger partial charge on any atom is 0.0450 e. The summed E-state index contributed by atoms with van der Waals surface area (Å²) < 4.78 is 0. The monoisotopic (exact) mass is 306 g/mol. The Hall–Kier alpha value is 0.380. The van der Waals surface area contributed by atoms with Gasteiger partial charge in [-0.1, -0.05) is 63.4 Å². The standard InChI is InChI=1S/C7H6Cl2.C3H8.C2H6.2ClH/c1-5-6(8)3-2-4-7(5)9;1-3-2;1-2;;/h2-4H,1H3;3H2,1-2H3;1-2H3;2*1H. The van der Waals surface area contributed by atoms with E-state index in [-0.39, 0.29) is 24.8 Å². The van der Waals surface area contributed by atoms with Crippen LogP contribution in [0.1, 0.15) is 39.7 Å². The summed E-state index contributed by atoms with van der Waals surface area (Å²) in [6.45, 7) is 10.1. The number of hydrogen-bond acceptors (Lipinski definition) is 0. The maximum atomic E-state index is 5.73. The van der Waals surface area contributed by atoms with E-state index >= 15 is 0 Å². The largest absolute Gasteiger partial charge is 0.147 e. The van der Waals surface area contributed by atoms with E-state index in [0.717, 1.165) is 15.6 Å². The fourth-order valence-corrected chi connectivity index (χ4v) is 0.979. The molecule has 0 aliphatic heterocycles. The van der Waals surface area contributed by atoms with Crippen LogP contribution in [0.15, 0.2) is 18.2 Å². The Labute approximate surface area is 123 Å². The summed E-state index contributed by atoms with van der Waals surface area (Å²) in [5.41, 5.74) is 0.945. The SMILES string of the molecule is CC.CCC.Cc1c(Cl)cccc1Cl.Cl.Cl. The lowest BCUT2D eigenvalue weighted by atomic mass is 10.2. The highest BCUT2D eigenvalue weighted by molar-refractivity contribution is 6.35. The first kappa shape index (κ1) is 25.3. The van der Waals surface area contributed by atoms with Gasteiger partial charge in [-0.25, -0.2) is 0 Å². The second-order valence-electron chi connectivity index (χ2n) is 2.55. The molecule has 0 aliphatic carbocycles. The molecule has 4 heteroatoms. The summed E-state index contributed by atoms with van der Waals surface area (Å²) in [5.74, 6) is 0. The topological polar surface area (TPSA) is 0 Å². The van der Waals surface area contributed by atoms with E-state index in [1.54, 1.807) is 0 Å². The molecule has 0 bridgehead atoms. The van der Waals surface area contributed by atoms with Gasteiger partial charge in [-0.05, 0) is 24.6 Å². The Morgan fingerprint density at radius 3 is 1.38 bits per heavy atom. The molecule has 0 unspecified atom stereocenters. The van der Waals surface area contributed by atoms with E-state index in [1.165, 1.54) is 6.42 Å². The van der Waals surface area contributed by atoms with E-state index in [4.69, 9.17) is 23.2 Å². The van der Waals surface area contributed by atoms with Crippen molar-refractivity contribution in [1.82, 2.24) is 0 Å². The van der Waals surface area contributed by atoms with E-state index in [1.807, 2.05) is 39.0 Å². The smallest absolute Gasteiger partial charge is 0.0450 e. The Morgan fingerprint density at radius 1 is 0.938 bits per heavy atom. The van der Waals surface area contributed by atoms with Crippen LogP contribution in [-0.4, -0.2) is 0 Å². The van der Waals surface area contributed by atoms with Crippen LogP contribution in [0, 0.1) is 6.92 Å². The van der Waals surface area contributed by atoms with Gasteiger partial charge < -0.3 is 0 Å². The second kappa shape index (κ2) is 17.8. The van der Waals surface area contributed by atoms with Crippen LogP contribution in [0.25, 0.3) is 0 Å². The number of benzene rings is 1. The highest BCUT2D eigenvalue weighted by atomic mass is 35.5. The Kier molecular flexibility index (Phi) is 28.1. The third-order valence-electron chi connectivity index (χ3n) is 1.20. The second-order valence-corrected chi connectivity index (χ2v) is 3.37. The molecule has 0 nitrogen and oxygen atoms in total. The molecular formula is C12H22Cl4. The normalized spacial score (nSPS) is 6.94. The molecule has 0 radical (unpaired) electrons. The molecule has 1 aromatic rings. The van der Waals surface area contributed by atoms with Gasteiger partial charge in [-0.3, -0.25) is 0 Å². The van der Waals surface area contributed by atoms with Crippen LogP contribution in [0.2, 0.25) is 10.0 Å². The third-order valence-corrected chi connectivity index (χ3v) is 2.02. The van der Waals surface area contributed by atoms with Crippen LogP contribution in [0.5, 0.6) is 0 Å². The minimum Gasteiger partial charge on any atom is -0.147 e. The molecule has 0 spiro atoms. The van der Waals surface area contributed by atoms with Crippen molar-refractivity contribution in [3.63, 3.8) is 0 Å². The van der Waals surface area contributed by atoms with Crippen molar-refractivity contribution in [2.45, 2.75) is 41.0 Å². The zero-order valence-corrected chi connectivity index (χ0v) is 13.7. The van der Waals surface area contributed by atoms with Gasteiger partial charge in [0.25, 0.3) is 0 Å². The lowest BCUT2D eigenvalue weighted by molar-refractivity contribution is 1.09. The van der Waals surface area contributed by atoms with Crippen molar-refractivity contribution in [1.29, 1.82) is 0 Å². The molecule has 0 aromatic heterocycles. The van der Waals surface area contributed by atoms with Crippen LogP contribution < -0.4 is 0 Å². The first-order chi connectivity index (χ1) is 6.63. The van der Waals surface area contributed by atoms with Crippen molar-refractivity contribution in [2.24, 2.45) is 0 Å². The van der Waals surface area contributed by atoms with Crippen LogP contribution in [-0.2, 0) is 0 Å².